The third-order valence-corrected chi connectivity index (χ3v) is 3.61. The largest absolute Gasteiger partial charge is 0.494 e. The second-order valence-corrected chi connectivity index (χ2v) is 5.90. The average Bonchev–Trinajstić information content (AvgIpc) is 2.39. The molecule has 0 spiro atoms. The minimum absolute atomic E-state index is 0.211. The quantitative estimate of drug-likeness (QED) is 0.565. The second-order valence-electron chi connectivity index (χ2n) is 4.23. The van der Waals surface area contributed by atoms with Gasteiger partial charge in [-0.1, -0.05) is 12.1 Å². The van der Waals surface area contributed by atoms with E-state index in [1.54, 1.807) is 13.8 Å². The van der Waals surface area contributed by atoms with Gasteiger partial charge in [-0.3, -0.25) is 4.28 Å². The molecule has 0 radical (unpaired) electrons. The standard InChI is InChI=1S/C13H16F3NO4S/c1-3-9-22(18,19)21-17-12(13(14,15)16)10-5-7-11(8-6-10)20-4-2/h5-8H,3-4,9H2,1-2H3. The van der Waals surface area contributed by atoms with Crippen LogP contribution in [0.15, 0.2) is 29.4 Å². The summed E-state index contributed by atoms with van der Waals surface area (Å²) < 4.78 is 70.8. The Morgan fingerprint density at radius 3 is 2.23 bits per heavy atom. The summed E-state index contributed by atoms with van der Waals surface area (Å²) in [7, 11) is -4.12. The number of oxime groups is 1. The lowest BCUT2D eigenvalue weighted by molar-refractivity contribution is -0.0597. The van der Waals surface area contributed by atoms with E-state index in [4.69, 9.17) is 4.74 Å². The normalized spacial score (nSPS) is 13.0. The third kappa shape index (κ3) is 5.55. The first-order valence-electron chi connectivity index (χ1n) is 6.49. The first-order chi connectivity index (χ1) is 10.2. The molecule has 0 aliphatic heterocycles. The van der Waals surface area contributed by atoms with Crippen LogP contribution in [0.3, 0.4) is 0 Å². The maximum absolute atomic E-state index is 13.0. The molecule has 0 unspecified atom stereocenters. The van der Waals surface area contributed by atoms with Gasteiger partial charge >= 0.3 is 16.3 Å². The Morgan fingerprint density at radius 1 is 1.18 bits per heavy atom. The van der Waals surface area contributed by atoms with Crippen LogP contribution in [0.2, 0.25) is 0 Å². The summed E-state index contributed by atoms with van der Waals surface area (Å²) >= 11 is 0. The Morgan fingerprint density at radius 2 is 1.77 bits per heavy atom. The highest BCUT2D eigenvalue weighted by molar-refractivity contribution is 7.86. The zero-order valence-electron chi connectivity index (χ0n) is 12.1. The van der Waals surface area contributed by atoms with Crippen molar-refractivity contribution in [2.45, 2.75) is 26.4 Å². The van der Waals surface area contributed by atoms with Gasteiger partial charge in [0, 0.05) is 5.56 Å². The van der Waals surface area contributed by atoms with E-state index < -0.39 is 27.8 Å². The van der Waals surface area contributed by atoms with Crippen molar-refractivity contribution in [3.63, 3.8) is 0 Å². The fourth-order valence-electron chi connectivity index (χ4n) is 1.53. The van der Waals surface area contributed by atoms with Crippen LogP contribution in [0.5, 0.6) is 5.75 Å². The van der Waals surface area contributed by atoms with Crippen LogP contribution in [-0.4, -0.2) is 32.7 Å². The molecule has 0 saturated heterocycles. The van der Waals surface area contributed by atoms with Gasteiger partial charge in [0.2, 0.25) is 0 Å². The number of rotatable bonds is 7. The molecule has 0 atom stereocenters. The smallest absolute Gasteiger partial charge is 0.437 e. The molecule has 22 heavy (non-hydrogen) atoms. The molecule has 0 aliphatic rings. The van der Waals surface area contributed by atoms with Gasteiger partial charge < -0.3 is 4.74 Å². The third-order valence-electron chi connectivity index (χ3n) is 2.40. The Hall–Kier alpha value is -1.77. The average molecular weight is 339 g/mol. The lowest BCUT2D eigenvalue weighted by Gasteiger charge is -2.11. The lowest BCUT2D eigenvalue weighted by atomic mass is 10.1. The maximum atomic E-state index is 13.0. The molecule has 0 saturated carbocycles. The van der Waals surface area contributed by atoms with Crippen LogP contribution >= 0.6 is 0 Å². The number of hydrogen-bond acceptors (Lipinski definition) is 5. The van der Waals surface area contributed by atoms with Crippen molar-refractivity contribution in [2.75, 3.05) is 12.4 Å². The summed E-state index contributed by atoms with van der Waals surface area (Å²) in [6.07, 6.45) is -4.64. The van der Waals surface area contributed by atoms with Crippen LogP contribution in [0.1, 0.15) is 25.8 Å². The van der Waals surface area contributed by atoms with Gasteiger partial charge in [-0.2, -0.15) is 21.6 Å². The summed E-state index contributed by atoms with van der Waals surface area (Å²) in [5.74, 6) is -0.0161. The van der Waals surface area contributed by atoms with E-state index in [-0.39, 0.29) is 12.0 Å². The van der Waals surface area contributed by atoms with Crippen molar-refractivity contribution in [2.24, 2.45) is 5.16 Å². The molecule has 9 heteroatoms. The van der Waals surface area contributed by atoms with Gasteiger partial charge in [-0.15, -0.1) is 0 Å². The van der Waals surface area contributed by atoms with Crippen LogP contribution in [-0.2, 0) is 14.4 Å². The number of alkyl halides is 3. The van der Waals surface area contributed by atoms with Crippen molar-refractivity contribution < 1.29 is 30.6 Å². The van der Waals surface area contributed by atoms with E-state index >= 15 is 0 Å². The van der Waals surface area contributed by atoms with Gasteiger partial charge in [0.05, 0.1) is 12.4 Å². The molecule has 1 rings (SSSR count). The highest BCUT2D eigenvalue weighted by atomic mass is 32.2. The van der Waals surface area contributed by atoms with Gasteiger partial charge in [-0.05, 0) is 37.6 Å². The Bertz CT molecular complexity index is 609. The SMILES string of the molecule is CCCS(=O)(=O)ON=C(c1ccc(OCC)cc1)C(F)(F)F. The van der Waals surface area contributed by atoms with Crippen molar-refractivity contribution in [3.05, 3.63) is 29.8 Å². The van der Waals surface area contributed by atoms with Gasteiger partial charge in [-0.25, -0.2) is 0 Å². The maximum Gasteiger partial charge on any atom is 0.437 e. The Kier molecular flexibility index (Phi) is 6.21. The highest BCUT2D eigenvalue weighted by Crippen LogP contribution is 2.24. The molecule has 1 aromatic carbocycles. The zero-order valence-corrected chi connectivity index (χ0v) is 12.9. The first kappa shape index (κ1) is 18.3. The molecule has 0 heterocycles. The summed E-state index contributed by atoms with van der Waals surface area (Å²) in [5.41, 5.74) is -1.74. The number of nitrogens with zero attached hydrogens (tertiary/aromatic N) is 1. The monoisotopic (exact) mass is 339 g/mol. The fraction of sp³-hybridized carbons (Fsp3) is 0.462. The lowest BCUT2D eigenvalue weighted by Crippen LogP contribution is -2.25. The van der Waals surface area contributed by atoms with Crippen molar-refractivity contribution in [1.29, 1.82) is 0 Å². The Balaban J connectivity index is 3.08. The molecule has 1 aromatic rings. The predicted molar refractivity (Wildman–Crippen MR) is 75.4 cm³/mol. The van der Waals surface area contributed by atoms with E-state index in [1.807, 2.05) is 0 Å². The van der Waals surface area contributed by atoms with Gasteiger partial charge in [0.25, 0.3) is 0 Å². The minimum Gasteiger partial charge on any atom is -0.494 e. The van der Waals surface area contributed by atoms with Crippen molar-refractivity contribution >= 4 is 15.8 Å². The van der Waals surface area contributed by atoms with Crippen LogP contribution in [0.4, 0.5) is 13.2 Å². The number of halogens is 3. The summed E-state index contributed by atoms with van der Waals surface area (Å²) in [6.45, 7) is 3.67. The molecule has 0 fully saturated rings. The van der Waals surface area contributed by atoms with Gasteiger partial charge in [0.1, 0.15) is 5.75 Å². The molecule has 5 nitrogen and oxygen atoms in total. The molecular formula is C13H16F3NO4S. The molecule has 0 N–H and O–H groups in total. The number of benzene rings is 1. The Labute approximate surface area is 126 Å². The first-order valence-corrected chi connectivity index (χ1v) is 8.07. The minimum atomic E-state index is -4.85. The van der Waals surface area contributed by atoms with Gasteiger partial charge in [0.15, 0.2) is 5.71 Å². The van der Waals surface area contributed by atoms with Crippen molar-refractivity contribution in [3.8, 4) is 5.75 Å². The molecule has 0 aliphatic carbocycles. The summed E-state index contributed by atoms with van der Waals surface area (Å²) in [6, 6.07) is 4.93. The molecule has 124 valence electrons. The summed E-state index contributed by atoms with van der Waals surface area (Å²) in [4.78, 5) is 0. The highest BCUT2D eigenvalue weighted by Gasteiger charge is 2.38. The number of ether oxygens (including phenoxy) is 1. The molecule has 0 amide bonds. The topological polar surface area (TPSA) is 65.0 Å². The van der Waals surface area contributed by atoms with E-state index in [0.717, 1.165) is 12.1 Å². The second kappa shape index (κ2) is 7.48. The van der Waals surface area contributed by atoms with E-state index in [1.165, 1.54) is 12.1 Å². The number of hydrogen-bond donors (Lipinski definition) is 0. The van der Waals surface area contributed by atoms with Crippen LogP contribution in [0, 0.1) is 0 Å². The summed E-state index contributed by atoms with van der Waals surface area (Å²) in [5, 5.41) is 2.79. The van der Waals surface area contributed by atoms with E-state index in [2.05, 4.69) is 9.44 Å². The van der Waals surface area contributed by atoms with Crippen LogP contribution < -0.4 is 4.74 Å². The van der Waals surface area contributed by atoms with E-state index in [9.17, 15) is 21.6 Å². The molecule has 0 bridgehead atoms. The molecule has 0 aromatic heterocycles. The van der Waals surface area contributed by atoms with E-state index in [0.29, 0.717) is 12.4 Å². The zero-order chi connectivity index (χ0) is 16.8. The fourth-order valence-corrected chi connectivity index (χ4v) is 2.29. The molecular weight excluding hydrogens is 323 g/mol. The van der Waals surface area contributed by atoms with Crippen LogP contribution in [0.25, 0.3) is 0 Å². The van der Waals surface area contributed by atoms with Crippen molar-refractivity contribution in [1.82, 2.24) is 0 Å². The predicted octanol–water partition coefficient (Wildman–Crippen LogP) is 3.11.